The molecule has 0 radical (unpaired) electrons. The van der Waals surface area contributed by atoms with Crippen molar-refractivity contribution in [3.8, 4) is 5.75 Å². The summed E-state index contributed by atoms with van der Waals surface area (Å²) >= 11 is 0. The van der Waals surface area contributed by atoms with Gasteiger partial charge in [0, 0.05) is 24.2 Å². The van der Waals surface area contributed by atoms with Crippen molar-refractivity contribution in [2.45, 2.75) is 70.7 Å². The van der Waals surface area contributed by atoms with Gasteiger partial charge in [0.15, 0.2) is 6.61 Å². The summed E-state index contributed by atoms with van der Waals surface area (Å²) in [7, 11) is -0.446. The van der Waals surface area contributed by atoms with Gasteiger partial charge in [-0.15, -0.1) is 0 Å². The Morgan fingerprint density at radius 2 is 1.91 bits per heavy atom. The molecule has 5 fully saturated rings. The Hall–Kier alpha value is -3.96. The minimum atomic E-state index is -0.492. The predicted molar refractivity (Wildman–Crippen MR) is 171 cm³/mol. The third-order valence-corrected chi connectivity index (χ3v) is 10.9. The zero-order chi connectivity index (χ0) is 32.1. The standard InChI is InChI=1S/C35H40BN3O7/c1-34(2)23-16-28(34)35(3)29(17-23)45-36(46-35)30-10-7-15-39(30)31(40)19-38-33(42)26-13-14-37-27-18-24(11-12-25(26)27)43-21-32(41)44-20-22-8-5-4-6-9-22/h4-6,8-9,11-14,18,23,28-30H,7,10,15-17,19-21H2,1-3H3,(H,38,42). The van der Waals surface area contributed by atoms with Gasteiger partial charge >= 0.3 is 13.1 Å². The average molecular weight is 626 g/mol. The van der Waals surface area contributed by atoms with Crippen LogP contribution in [0.2, 0.25) is 0 Å². The van der Waals surface area contributed by atoms with E-state index in [9.17, 15) is 14.4 Å². The lowest BCUT2D eigenvalue weighted by molar-refractivity contribution is -0.199. The number of benzene rings is 2. The van der Waals surface area contributed by atoms with Crippen molar-refractivity contribution >= 4 is 35.8 Å². The van der Waals surface area contributed by atoms with Crippen molar-refractivity contribution in [2.75, 3.05) is 19.7 Å². The molecule has 5 aliphatic rings. The number of carbonyl (C=O) groups excluding carboxylic acids is 3. The maximum Gasteiger partial charge on any atom is 0.481 e. The van der Waals surface area contributed by atoms with Crippen molar-refractivity contribution in [1.82, 2.24) is 15.2 Å². The molecule has 11 heteroatoms. The van der Waals surface area contributed by atoms with Crippen molar-refractivity contribution in [2.24, 2.45) is 17.3 Å². The van der Waals surface area contributed by atoms with Gasteiger partial charge in [-0.1, -0.05) is 44.2 Å². The smallest absolute Gasteiger partial charge is 0.481 e. The van der Waals surface area contributed by atoms with E-state index < -0.39 is 13.1 Å². The van der Waals surface area contributed by atoms with Crippen LogP contribution in [0, 0.1) is 17.3 Å². The summed E-state index contributed by atoms with van der Waals surface area (Å²) in [6, 6.07) is 16.1. The molecule has 2 saturated heterocycles. The van der Waals surface area contributed by atoms with Crippen LogP contribution in [0.15, 0.2) is 60.8 Å². The van der Waals surface area contributed by atoms with E-state index in [-0.39, 0.29) is 54.6 Å². The highest BCUT2D eigenvalue weighted by atomic mass is 16.7. The Morgan fingerprint density at radius 1 is 1.09 bits per heavy atom. The molecule has 1 N–H and O–H groups in total. The predicted octanol–water partition coefficient (Wildman–Crippen LogP) is 4.35. The van der Waals surface area contributed by atoms with Crippen molar-refractivity contribution in [3.63, 3.8) is 0 Å². The summed E-state index contributed by atoms with van der Waals surface area (Å²) in [6.45, 7) is 7.26. The molecule has 3 aromatic rings. The van der Waals surface area contributed by atoms with Gasteiger partial charge < -0.3 is 29.0 Å². The van der Waals surface area contributed by atoms with Gasteiger partial charge in [0.1, 0.15) is 12.4 Å². The second kappa shape index (κ2) is 12.0. The first-order chi connectivity index (χ1) is 22.1. The fraction of sp³-hybridized carbons (Fsp3) is 0.486. The zero-order valence-corrected chi connectivity index (χ0v) is 26.6. The van der Waals surface area contributed by atoms with Gasteiger partial charge in [0.25, 0.3) is 5.91 Å². The van der Waals surface area contributed by atoms with Crippen LogP contribution >= 0.6 is 0 Å². The number of rotatable bonds is 9. The lowest BCUT2D eigenvalue weighted by Crippen LogP contribution is -2.65. The minimum absolute atomic E-state index is 0.0610. The molecule has 2 amide bonds. The number of nitrogens with zero attached hydrogens (tertiary/aromatic N) is 2. The number of nitrogens with one attached hydrogen (secondary N) is 1. The van der Waals surface area contributed by atoms with E-state index in [1.807, 2.05) is 35.2 Å². The first kappa shape index (κ1) is 30.7. The average Bonchev–Trinajstić information content (AvgIpc) is 3.69. The number of hydrogen-bond acceptors (Lipinski definition) is 8. The SMILES string of the molecule is CC1(C)C2CC3OB(C4CCCN4C(=O)CNC(=O)c4ccnc5cc(OCC(=O)OCc6ccccc6)ccc45)OC3(C)C1C2. The van der Waals surface area contributed by atoms with Crippen molar-refractivity contribution in [1.29, 1.82) is 0 Å². The number of fused-ring (bicyclic) bond motifs is 1. The number of esters is 1. The lowest BCUT2D eigenvalue weighted by Gasteiger charge is -2.64. The Balaban J connectivity index is 0.938. The topological polar surface area (TPSA) is 116 Å². The molecular formula is C35H40BN3O7. The molecule has 2 aliphatic heterocycles. The first-order valence-electron chi connectivity index (χ1n) is 16.3. The molecule has 8 rings (SSSR count). The number of aromatic nitrogens is 1. The Kier molecular flexibility index (Phi) is 8.01. The zero-order valence-electron chi connectivity index (χ0n) is 26.6. The molecule has 46 heavy (non-hydrogen) atoms. The maximum absolute atomic E-state index is 13.4. The Bertz CT molecular complexity index is 1650. The van der Waals surface area contributed by atoms with Crippen LogP contribution in [-0.4, -0.2) is 72.1 Å². The van der Waals surface area contributed by atoms with E-state index in [1.165, 1.54) is 12.6 Å². The molecule has 5 atom stereocenters. The lowest BCUT2D eigenvalue weighted by atomic mass is 9.43. The van der Waals surface area contributed by atoms with Gasteiger partial charge in [-0.2, -0.15) is 0 Å². The van der Waals surface area contributed by atoms with E-state index in [1.54, 1.807) is 24.3 Å². The van der Waals surface area contributed by atoms with Gasteiger partial charge in [0.2, 0.25) is 5.91 Å². The quantitative estimate of drug-likeness (QED) is 0.276. The summed E-state index contributed by atoms with van der Waals surface area (Å²) in [5.74, 6) is 0.362. The number of pyridine rings is 1. The molecule has 5 unspecified atom stereocenters. The van der Waals surface area contributed by atoms with E-state index in [0.29, 0.717) is 40.6 Å². The molecule has 2 aromatic carbocycles. The molecule has 2 bridgehead atoms. The van der Waals surface area contributed by atoms with Crippen LogP contribution in [0.4, 0.5) is 0 Å². The molecule has 3 aliphatic carbocycles. The van der Waals surface area contributed by atoms with Gasteiger partial charge in [-0.3, -0.25) is 14.6 Å². The number of likely N-dealkylation sites (tertiary alicyclic amines) is 1. The van der Waals surface area contributed by atoms with Crippen LogP contribution in [0.1, 0.15) is 62.4 Å². The highest BCUT2D eigenvalue weighted by Gasteiger charge is 2.69. The van der Waals surface area contributed by atoms with Gasteiger partial charge in [-0.25, -0.2) is 4.79 Å². The third kappa shape index (κ3) is 5.53. The molecule has 1 aromatic heterocycles. The molecular weight excluding hydrogens is 585 g/mol. The normalized spacial score (nSPS) is 27.5. The molecule has 240 valence electrons. The van der Waals surface area contributed by atoms with Gasteiger partial charge in [-0.05, 0) is 73.6 Å². The Labute approximate surface area is 269 Å². The highest BCUT2D eigenvalue weighted by Crippen LogP contribution is 2.66. The second-order valence-electron chi connectivity index (χ2n) is 13.8. The van der Waals surface area contributed by atoms with Crippen LogP contribution < -0.4 is 10.1 Å². The summed E-state index contributed by atoms with van der Waals surface area (Å²) in [5.41, 5.74) is 1.74. The monoisotopic (exact) mass is 625 g/mol. The van der Waals surface area contributed by atoms with E-state index in [4.69, 9.17) is 18.8 Å². The summed E-state index contributed by atoms with van der Waals surface area (Å²) in [5, 5.41) is 3.42. The Morgan fingerprint density at radius 3 is 2.72 bits per heavy atom. The molecule has 10 nitrogen and oxygen atoms in total. The fourth-order valence-electron chi connectivity index (χ4n) is 8.14. The first-order valence-corrected chi connectivity index (χ1v) is 16.3. The van der Waals surface area contributed by atoms with E-state index in [0.717, 1.165) is 24.8 Å². The van der Waals surface area contributed by atoms with Crippen molar-refractivity contribution in [3.05, 3.63) is 71.9 Å². The second-order valence-corrected chi connectivity index (χ2v) is 13.8. The van der Waals surface area contributed by atoms with Crippen LogP contribution in [-0.2, 0) is 30.2 Å². The van der Waals surface area contributed by atoms with Crippen LogP contribution in [0.5, 0.6) is 5.75 Å². The summed E-state index contributed by atoms with van der Waals surface area (Å²) in [6.07, 6.45) is 5.46. The third-order valence-electron chi connectivity index (χ3n) is 10.9. The fourth-order valence-corrected chi connectivity index (χ4v) is 8.14. The molecule has 3 heterocycles. The number of carbonyl (C=O) groups is 3. The highest BCUT2D eigenvalue weighted by molar-refractivity contribution is 6.48. The maximum atomic E-state index is 13.4. The van der Waals surface area contributed by atoms with Crippen LogP contribution in [0.3, 0.4) is 0 Å². The van der Waals surface area contributed by atoms with Gasteiger partial charge in [0.05, 0.1) is 35.3 Å². The summed E-state index contributed by atoms with van der Waals surface area (Å²) in [4.78, 5) is 45.0. The van der Waals surface area contributed by atoms with Crippen molar-refractivity contribution < 1.29 is 33.2 Å². The number of amides is 2. The molecule has 0 spiro atoms. The van der Waals surface area contributed by atoms with Crippen LogP contribution in [0.25, 0.3) is 10.9 Å². The largest absolute Gasteiger partial charge is 0.482 e. The number of ether oxygens (including phenoxy) is 2. The summed E-state index contributed by atoms with van der Waals surface area (Å²) < 4.78 is 24.1. The van der Waals surface area contributed by atoms with E-state index in [2.05, 4.69) is 31.1 Å². The molecule has 3 saturated carbocycles. The number of hydrogen-bond donors (Lipinski definition) is 1. The minimum Gasteiger partial charge on any atom is -0.482 e. The van der Waals surface area contributed by atoms with E-state index >= 15 is 0 Å².